The van der Waals surface area contributed by atoms with Crippen molar-refractivity contribution in [2.24, 2.45) is 0 Å². The van der Waals surface area contributed by atoms with Crippen molar-refractivity contribution < 1.29 is 4.42 Å². The number of nitrogens with zero attached hydrogens (tertiary/aromatic N) is 3. The van der Waals surface area contributed by atoms with Gasteiger partial charge < -0.3 is 4.42 Å². The Balaban J connectivity index is 0.920. The summed E-state index contributed by atoms with van der Waals surface area (Å²) in [6.45, 7) is 4.80. The summed E-state index contributed by atoms with van der Waals surface area (Å²) in [6.07, 6.45) is 6.28. The van der Waals surface area contributed by atoms with E-state index in [-0.39, 0.29) is 10.8 Å². The highest BCUT2D eigenvalue weighted by Gasteiger charge is 2.46. The lowest BCUT2D eigenvalue weighted by atomic mass is 9.67. The molecule has 0 bridgehead atoms. The molecule has 4 nitrogen and oxygen atoms in total. The summed E-state index contributed by atoms with van der Waals surface area (Å²) in [5.41, 5.74) is 20.6. The first-order valence-electron chi connectivity index (χ1n) is 22.8. The first kappa shape index (κ1) is 37.2. The molecular weight excluding hydrogens is 779 g/mol. The van der Waals surface area contributed by atoms with E-state index in [9.17, 15) is 0 Å². The van der Waals surface area contributed by atoms with E-state index in [0.717, 1.165) is 44.2 Å². The molecule has 64 heavy (non-hydrogen) atoms. The average molecular weight is 824 g/mol. The minimum atomic E-state index is -0.0482. The fourth-order valence-electron chi connectivity index (χ4n) is 11.5. The second kappa shape index (κ2) is 14.0. The third-order valence-corrected chi connectivity index (χ3v) is 14.8. The number of hydrogen-bond acceptors (Lipinski definition) is 4. The van der Waals surface area contributed by atoms with Gasteiger partial charge in [-0.05, 0) is 116 Å². The van der Waals surface area contributed by atoms with Crippen LogP contribution < -0.4 is 0 Å². The minimum absolute atomic E-state index is 0.0482. The van der Waals surface area contributed by atoms with Crippen LogP contribution >= 0.6 is 0 Å². The van der Waals surface area contributed by atoms with E-state index >= 15 is 0 Å². The summed E-state index contributed by atoms with van der Waals surface area (Å²) in [4.78, 5) is 15.2. The lowest BCUT2D eigenvalue weighted by molar-refractivity contribution is 0.353. The first-order chi connectivity index (χ1) is 31.4. The Kier molecular flexibility index (Phi) is 8.15. The van der Waals surface area contributed by atoms with Crippen molar-refractivity contribution in [2.75, 3.05) is 0 Å². The summed E-state index contributed by atoms with van der Waals surface area (Å²) in [5, 5.41) is 2.11. The molecule has 0 saturated heterocycles. The van der Waals surface area contributed by atoms with Crippen molar-refractivity contribution in [1.82, 2.24) is 15.0 Å². The van der Waals surface area contributed by atoms with Crippen LogP contribution in [0.4, 0.5) is 0 Å². The van der Waals surface area contributed by atoms with Gasteiger partial charge in [-0.15, -0.1) is 0 Å². The molecule has 3 aliphatic rings. The van der Waals surface area contributed by atoms with Gasteiger partial charge in [0.25, 0.3) is 0 Å². The summed E-state index contributed by atoms with van der Waals surface area (Å²) < 4.78 is 6.77. The topological polar surface area (TPSA) is 51.8 Å². The van der Waals surface area contributed by atoms with Gasteiger partial charge in [-0.1, -0.05) is 173 Å². The van der Waals surface area contributed by atoms with E-state index in [0.29, 0.717) is 17.5 Å². The highest BCUT2D eigenvalue weighted by molar-refractivity contribution is 6.10. The number of fused-ring (bicyclic) bond motifs is 11. The SMILES string of the molecule is CC1(C)c2ccccc2-c2cc3c(cc21)-c1cc(-c2ccc4oc5c(-c6nc(-c7ccccc7)nc(-c7ccc(-c8ccccc8)cc7)n6)cccc5c4c2)ccc1C31CCCCC1. The lowest BCUT2D eigenvalue weighted by Gasteiger charge is -2.36. The van der Waals surface area contributed by atoms with E-state index in [1.807, 2.05) is 36.4 Å². The van der Waals surface area contributed by atoms with Crippen LogP contribution in [0, 0.1) is 0 Å². The highest BCUT2D eigenvalue weighted by Crippen LogP contribution is 2.60. The normalized spacial score (nSPS) is 15.3. The predicted molar refractivity (Wildman–Crippen MR) is 261 cm³/mol. The average Bonchev–Trinajstić information content (AvgIpc) is 3.94. The van der Waals surface area contributed by atoms with Gasteiger partial charge in [-0.25, -0.2) is 15.0 Å². The van der Waals surface area contributed by atoms with E-state index < -0.39 is 0 Å². The third kappa shape index (κ3) is 5.58. The van der Waals surface area contributed by atoms with Crippen molar-refractivity contribution in [3.05, 3.63) is 198 Å². The van der Waals surface area contributed by atoms with Crippen molar-refractivity contribution in [3.63, 3.8) is 0 Å². The molecule has 2 heterocycles. The molecule has 2 aromatic heterocycles. The van der Waals surface area contributed by atoms with E-state index in [2.05, 4.69) is 153 Å². The second-order valence-corrected chi connectivity index (χ2v) is 18.6. The number of aromatic nitrogens is 3. The van der Waals surface area contributed by atoms with Gasteiger partial charge in [0.15, 0.2) is 17.5 Å². The number of para-hydroxylation sites is 1. The van der Waals surface area contributed by atoms with Gasteiger partial charge in [0, 0.05) is 32.7 Å². The molecule has 0 radical (unpaired) electrons. The monoisotopic (exact) mass is 823 g/mol. The Morgan fingerprint density at radius 1 is 0.375 bits per heavy atom. The Hall–Kier alpha value is -7.43. The first-order valence-corrected chi connectivity index (χ1v) is 22.8. The summed E-state index contributed by atoms with van der Waals surface area (Å²) in [7, 11) is 0. The quantitative estimate of drug-likeness (QED) is 0.173. The molecule has 10 aromatic rings. The van der Waals surface area contributed by atoms with Crippen LogP contribution in [-0.4, -0.2) is 15.0 Å². The van der Waals surface area contributed by atoms with Crippen LogP contribution in [0.15, 0.2) is 180 Å². The Morgan fingerprint density at radius 3 is 1.72 bits per heavy atom. The molecule has 1 saturated carbocycles. The molecule has 0 atom stereocenters. The highest BCUT2D eigenvalue weighted by atomic mass is 16.3. The van der Waals surface area contributed by atoms with Crippen LogP contribution in [0.3, 0.4) is 0 Å². The Labute approximate surface area is 373 Å². The lowest BCUT2D eigenvalue weighted by Crippen LogP contribution is -2.28. The molecule has 0 amide bonds. The molecule has 1 spiro atoms. The van der Waals surface area contributed by atoms with Crippen LogP contribution in [0.5, 0.6) is 0 Å². The van der Waals surface area contributed by atoms with Gasteiger partial charge in [-0.3, -0.25) is 0 Å². The largest absolute Gasteiger partial charge is 0.455 e. The molecule has 0 unspecified atom stereocenters. The van der Waals surface area contributed by atoms with E-state index in [1.165, 1.54) is 93.3 Å². The number of benzene rings is 8. The second-order valence-electron chi connectivity index (χ2n) is 18.6. The van der Waals surface area contributed by atoms with Gasteiger partial charge in [0.2, 0.25) is 0 Å². The summed E-state index contributed by atoms with van der Waals surface area (Å²) >= 11 is 0. The zero-order valence-electron chi connectivity index (χ0n) is 36.0. The number of rotatable bonds is 5. The molecule has 8 aromatic carbocycles. The maximum Gasteiger partial charge on any atom is 0.167 e. The number of hydrogen-bond donors (Lipinski definition) is 0. The molecule has 0 N–H and O–H groups in total. The minimum Gasteiger partial charge on any atom is -0.455 e. The van der Waals surface area contributed by atoms with Crippen molar-refractivity contribution in [2.45, 2.75) is 56.8 Å². The van der Waals surface area contributed by atoms with E-state index in [4.69, 9.17) is 19.4 Å². The fraction of sp³-hybridized carbons (Fsp3) is 0.150. The van der Waals surface area contributed by atoms with Crippen LogP contribution in [0.2, 0.25) is 0 Å². The zero-order chi connectivity index (χ0) is 42.6. The van der Waals surface area contributed by atoms with E-state index in [1.54, 1.807) is 0 Å². The fourth-order valence-corrected chi connectivity index (χ4v) is 11.5. The maximum atomic E-state index is 6.77. The molecule has 3 aliphatic carbocycles. The van der Waals surface area contributed by atoms with Crippen LogP contribution in [0.25, 0.3) is 101 Å². The molecule has 0 aliphatic heterocycles. The molecular formula is C60H45N3O. The smallest absolute Gasteiger partial charge is 0.167 e. The summed E-state index contributed by atoms with van der Waals surface area (Å²) in [6, 6.07) is 63.5. The maximum absolute atomic E-state index is 6.77. The Bertz CT molecular complexity index is 3490. The number of furan rings is 1. The van der Waals surface area contributed by atoms with Gasteiger partial charge >= 0.3 is 0 Å². The Morgan fingerprint density at radius 2 is 0.938 bits per heavy atom. The van der Waals surface area contributed by atoms with Crippen LogP contribution in [-0.2, 0) is 10.8 Å². The predicted octanol–water partition coefficient (Wildman–Crippen LogP) is 15.6. The third-order valence-electron chi connectivity index (χ3n) is 14.8. The van der Waals surface area contributed by atoms with Gasteiger partial charge in [0.1, 0.15) is 11.2 Å². The molecule has 4 heteroatoms. The molecule has 306 valence electrons. The van der Waals surface area contributed by atoms with Gasteiger partial charge in [-0.2, -0.15) is 0 Å². The van der Waals surface area contributed by atoms with Crippen molar-refractivity contribution in [1.29, 1.82) is 0 Å². The zero-order valence-corrected chi connectivity index (χ0v) is 36.0. The van der Waals surface area contributed by atoms with Crippen molar-refractivity contribution in [3.8, 4) is 78.7 Å². The van der Waals surface area contributed by atoms with Gasteiger partial charge in [0.05, 0.1) is 5.56 Å². The molecule has 13 rings (SSSR count). The summed E-state index contributed by atoms with van der Waals surface area (Å²) in [5.74, 6) is 1.81. The van der Waals surface area contributed by atoms with Crippen molar-refractivity contribution >= 4 is 21.9 Å². The molecule has 1 fully saturated rings. The van der Waals surface area contributed by atoms with Crippen LogP contribution in [0.1, 0.15) is 68.2 Å². The standard InChI is InChI=1S/C60H45N3O/c1-59(2)50-22-11-10-19-43(50)47-36-53-48(35-52(47)59)46-33-41(27-29-51(46)60(53)31-12-5-13-32-60)42-28-30-54-49(34-42)44-20-14-21-45(55(44)64-54)58-62-56(39-17-8-4-9-18-39)61-57(63-58)40-25-23-38(24-26-40)37-15-6-3-7-16-37/h3-4,6-11,14-30,33-36H,5,12-13,31-32H2,1-2H3.